The number of benzene rings is 1. The molecule has 1 aliphatic heterocycles. The van der Waals surface area contributed by atoms with Gasteiger partial charge in [-0.2, -0.15) is 0 Å². The van der Waals surface area contributed by atoms with Crippen LogP contribution in [0, 0.1) is 0 Å². The van der Waals surface area contributed by atoms with Crippen LogP contribution in [0.25, 0.3) is 0 Å². The zero-order chi connectivity index (χ0) is 14.8. The van der Waals surface area contributed by atoms with Gasteiger partial charge >= 0.3 is 0 Å². The van der Waals surface area contributed by atoms with E-state index in [1.54, 1.807) is 0 Å². The first kappa shape index (κ1) is 14.5. The molecule has 0 fully saturated rings. The van der Waals surface area contributed by atoms with Crippen LogP contribution < -0.4 is 10.1 Å². The molecule has 0 spiro atoms. The average Bonchev–Trinajstić information content (AvgIpc) is 3.08. The Labute approximate surface area is 130 Å². The fraction of sp³-hybridized carbons (Fsp3) is 0.471. The van der Waals surface area contributed by atoms with Gasteiger partial charge in [0.25, 0.3) is 0 Å². The van der Waals surface area contributed by atoms with Crippen molar-refractivity contribution in [3.8, 4) is 5.75 Å². The van der Waals surface area contributed by atoms with Gasteiger partial charge in [0.05, 0.1) is 11.6 Å². The van der Waals surface area contributed by atoms with Gasteiger partial charge in [-0.1, -0.05) is 39.0 Å². The van der Waals surface area contributed by atoms with Gasteiger partial charge < -0.3 is 10.1 Å². The Hall–Kier alpha value is -1.39. The van der Waals surface area contributed by atoms with Crippen LogP contribution in [0.3, 0.4) is 0 Å². The Morgan fingerprint density at radius 1 is 1.38 bits per heavy atom. The lowest BCUT2D eigenvalue weighted by Gasteiger charge is -2.06. The van der Waals surface area contributed by atoms with Crippen molar-refractivity contribution in [2.45, 2.75) is 45.7 Å². The number of rotatable bonds is 5. The number of hydrogen-bond donors (Lipinski definition) is 1. The number of nitrogens with one attached hydrogen (secondary N) is 1. The summed E-state index contributed by atoms with van der Waals surface area (Å²) in [6.45, 7) is 8.15. The van der Waals surface area contributed by atoms with E-state index < -0.39 is 0 Å². The van der Waals surface area contributed by atoms with Crippen molar-refractivity contribution in [3.05, 3.63) is 45.4 Å². The molecule has 112 valence electrons. The average molecular weight is 302 g/mol. The smallest absolute Gasteiger partial charge is 0.123 e. The third-order valence-electron chi connectivity index (χ3n) is 3.80. The molecule has 3 nitrogen and oxygen atoms in total. The number of fused-ring (bicyclic) bond motifs is 1. The van der Waals surface area contributed by atoms with Crippen molar-refractivity contribution >= 4 is 11.3 Å². The number of hydrogen-bond acceptors (Lipinski definition) is 4. The number of aryl methyl sites for hydroxylation is 1. The summed E-state index contributed by atoms with van der Waals surface area (Å²) in [4.78, 5) is 6.25. The lowest BCUT2D eigenvalue weighted by atomic mass is 10.0. The third-order valence-corrected chi connectivity index (χ3v) is 5.01. The third kappa shape index (κ3) is 2.97. The normalized spacial score (nSPS) is 17.0. The molecule has 0 aliphatic carbocycles. The molecule has 0 radical (unpaired) electrons. The molecule has 2 heterocycles. The second kappa shape index (κ2) is 6.16. The van der Waals surface area contributed by atoms with Crippen LogP contribution in [0.15, 0.2) is 24.3 Å². The molecule has 4 heteroatoms. The molecule has 1 N–H and O–H groups in total. The Bertz CT molecular complexity index is 621. The van der Waals surface area contributed by atoms with Crippen molar-refractivity contribution < 1.29 is 4.74 Å². The number of ether oxygens (including phenoxy) is 1. The van der Waals surface area contributed by atoms with E-state index in [1.807, 2.05) is 23.5 Å². The molecule has 1 atom stereocenters. The van der Waals surface area contributed by atoms with Crippen molar-refractivity contribution in [1.82, 2.24) is 10.3 Å². The standard InChI is InChI=1S/C17H22N2OS/c1-4-14-16(9-18-11(2)3)21-17(19-14)13-10-20-15-8-6-5-7-12(13)15/h5-8,11,13,18H,4,9-10H2,1-3H3. The molecule has 0 amide bonds. The van der Waals surface area contributed by atoms with Crippen molar-refractivity contribution in [1.29, 1.82) is 0 Å². The number of thiazole rings is 1. The van der Waals surface area contributed by atoms with Crippen molar-refractivity contribution in [2.75, 3.05) is 6.61 Å². The zero-order valence-electron chi connectivity index (χ0n) is 12.8. The Balaban J connectivity index is 1.87. The first-order valence-corrected chi connectivity index (χ1v) is 8.44. The van der Waals surface area contributed by atoms with Crippen LogP contribution in [0.5, 0.6) is 5.75 Å². The van der Waals surface area contributed by atoms with Gasteiger partial charge in [0.1, 0.15) is 17.4 Å². The van der Waals surface area contributed by atoms with Gasteiger partial charge in [-0.25, -0.2) is 4.98 Å². The van der Waals surface area contributed by atoms with Crippen LogP contribution in [-0.4, -0.2) is 17.6 Å². The van der Waals surface area contributed by atoms with Gasteiger partial charge in [-0.15, -0.1) is 11.3 Å². The quantitative estimate of drug-likeness (QED) is 0.914. The summed E-state index contributed by atoms with van der Waals surface area (Å²) in [6.07, 6.45) is 0.987. The molecule has 21 heavy (non-hydrogen) atoms. The van der Waals surface area contributed by atoms with Gasteiger partial charge in [-0.05, 0) is 12.5 Å². The lowest BCUT2D eigenvalue weighted by molar-refractivity contribution is 0.343. The first-order valence-electron chi connectivity index (χ1n) is 7.62. The number of aromatic nitrogens is 1. The van der Waals surface area contributed by atoms with Crippen molar-refractivity contribution in [3.63, 3.8) is 0 Å². The fourth-order valence-corrected chi connectivity index (χ4v) is 3.84. The maximum absolute atomic E-state index is 5.80. The van der Waals surface area contributed by atoms with Crippen LogP contribution in [0.1, 0.15) is 47.8 Å². The predicted molar refractivity (Wildman–Crippen MR) is 87.2 cm³/mol. The summed E-state index contributed by atoms with van der Waals surface area (Å²) in [5, 5.41) is 4.69. The molecule has 1 unspecified atom stereocenters. The first-order chi connectivity index (χ1) is 10.2. The fourth-order valence-electron chi connectivity index (χ4n) is 2.63. The van der Waals surface area contributed by atoms with E-state index in [2.05, 4.69) is 38.2 Å². The van der Waals surface area contributed by atoms with Crippen LogP contribution in [0.2, 0.25) is 0 Å². The summed E-state index contributed by atoms with van der Waals surface area (Å²) >= 11 is 1.83. The molecule has 3 rings (SSSR count). The number of nitrogens with zero attached hydrogens (tertiary/aromatic N) is 1. The minimum Gasteiger partial charge on any atom is -0.492 e. The molecular weight excluding hydrogens is 280 g/mol. The lowest BCUT2D eigenvalue weighted by Crippen LogP contribution is -2.21. The molecule has 0 saturated carbocycles. The Morgan fingerprint density at radius 3 is 2.95 bits per heavy atom. The van der Waals surface area contributed by atoms with Crippen LogP contribution >= 0.6 is 11.3 Å². The second-order valence-corrected chi connectivity index (χ2v) is 6.83. The molecular formula is C17H22N2OS. The minimum atomic E-state index is 0.296. The van der Waals surface area contributed by atoms with E-state index in [9.17, 15) is 0 Å². The van der Waals surface area contributed by atoms with E-state index in [0.29, 0.717) is 18.6 Å². The molecule has 1 aromatic heterocycles. The Kier molecular flexibility index (Phi) is 4.27. The zero-order valence-corrected chi connectivity index (χ0v) is 13.7. The monoisotopic (exact) mass is 302 g/mol. The van der Waals surface area contributed by atoms with E-state index >= 15 is 0 Å². The molecule has 1 aliphatic rings. The maximum Gasteiger partial charge on any atom is 0.123 e. The van der Waals surface area contributed by atoms with Gasteiger partial charge in [0.15, 0.2) is 0 Å². The minimum absolute atomic E-state index is 0.296. The highest BCUT2D eigenvalue weighted by molar-refractivity contribution is 7.11. The van der Waals surface area contributed by atoms with Gasteiger partial charge in [-0.3, -0.25) is 0 Å². The van der Waals surface area contributed by atoms with Crippen LogP contribution in [0.4, 0.5) is 0 Å². The summed E-state index contributed by atoms with van der Waals surface area (Å²) in [5.74, 6) is 1.31. The van der Waals surface area contributed by atoms with E-state index in [0.717, 1.165) is 18.7 Å². The highest BCUT2D eigenvalue weighted by atomic mass is 32.1. The molecule has 0 bridgehead atoms. The summed E-state index contributed by atoms with van der Waals surface area (Å²) in [5.41, 5.74) is 2.50. The van der Waals surface area contributed by atoms with Gasteiger partial charge in [0.2, 0.25) is 0 Å². The van der Waals surface area contributed by atoms with E-state index in [4.69, 9.17) is 9.72 Å². The summed E-state index contributed by atoms with van der Waals surface area (Å²) < 4.78 is 5.80. The Morgan fingerprint density at radius 2 is 2.19 bits per heavy atom. The summed E-state index contributed by atoms with van der Waals surface area (Å²) in [7, 11) is 0. The maximum atomic E-state index is 5.80. The largest absolute Gasteiger partial charge is 0.492 e. The molecule has 1 aromatic carbocycles. The second-order valence-electron chi connectivity index (χ2n) is 5.71. The van der Waals surface area contributed by atoms with E-state index in [-0.39, 0.29) is 0 Å². The topological polar surface area (TPSA) is 34.1 Å². The molecule has 0 saturated heterocycles. The van der Waals surface area contributed by atoms with Crippen LogP contribution in [-0.2, 0) is 13.0 Å². The van der Waals surface area contributed by atoms with Crippen molar-refractivity contribution in [2.24, 2.45) is 0 Å². The SMILES string of the molecule is CCc1nc(C2COc3ccccc32)sc1CNC(C)C. The predicted octanol–water partition coefficient (Wildman–Crippen LogP) is 3.73. The highest BCUT2D eigenvalue weighted by Crippen LogP contribution is 2.40. The summed E-state index contributed by atoms with van der Waals surface area (Å²) in [6, 6.07) is 8.81. The highest BCUT2D eigenvalue weighted by Gasteiger charge is 2.28. The van der Waals surface area contributed by atoms with Gasteiger partial charge in [0, 0.05) is 23.0 Å². The number of para-hydroxylation sites is 1. The molecule has 2 aromatic rings. The van der Waals surface area contributed by atoms with E-state index in [1.165, 1.54) is 21.1 Å².